The van der Waals surface area contributed by atoms with Crippen molar-refractivity contribution >= 4 is 28.3 Å². The molecule has 10 nitrogen and oxygen atoms in total. The van der Waals surface area contributed by atoms with E-state index in [2.05, 4.69) is 10.3 Å². The van der Waals surface area contributed by atoms with Gasteiger partial charge in [0.1, 0.15) is 5.52 Å². The van der Waals surface area contributed by atoms with Crippen LogP contribution in [0.25, 0.3) is 16.7 Å². The lowest BCUT2D eigenvalue weighted by Gasteiger charge is -2.08. The number of hydrogen-bond acceptors (Lipinski definition) is 5. The normalized spacial score (nSPS) is 10.9. The number of benzene rings is 2. The van der Waals surface area contributed by atoms with E-state index in [0.29, 0.717) is 16.9 Å². The van der Waals surface area contributed by atoms with Gasteiger partial charge in [0.05, 0.1) is 21.7 Å². The van der Waals surface area contributed by atoms with Crippen molar-refractivity contribution in [1.29, 1.82) is 0 Å². The number of amides is 1. The molecular formula is C21H17N5O5. The summed E-state index contributed by atoms with van der Waals surface area (Å²) in [5, 5.41) is 13.6. The number of aryl methyl sites for hydroxylation is 2. The van der Waals surface area contributed by atoms with Crippen molar-refractivity contribution in [1.82, 2.24) is 14.1 Å². The third kappa shape index (κ3) is 3.39. The van der Waals surface area contributed by atoms with Crippen molar-refractivity contribution in [3.63, 3.8) is 0 Å². The molecule has 0 aliphatic carbocycles. The number of H-pyrrole nitrogens is 1. The summed E-state index contributed by atoms with van der Waals surface area (Å²) in [6, 6.07) is 12.5. The molecular weight excluding hydrogens is 402 g/mol. The van der Waals surface area contributed by atoms with Gasteiger partial charge in [-0.25, -0.2) is 9.36 Å². The summed E-state index contributed by atoms with van der Waals surface area (Å²) in [6.45, 7) is 1.63. The van der Waals surface area contributed by atoms with Crippen LogP contribution >= 0.6 is 0 Å². The molecule has 0 saturated heterocycles. The summed E-state index contributed by atoms with van der Waals surface area (Å²) in [5.41, 5.74) is 0.347. The van der Waals surface area contributed by atoms with Crippen LogP contribution in [0, 0.1) is 17.0 Å². The number of hydrogen-bond donors (Lipinski definition) is 2. The smallest absolute Gasteiger partial charge is 0.333 e. The third-order valence-electron chi connectivity index (χ3n) is 4.95. The molecule has 156 valence electrons. The molecule has 31 heavy (non-hydrogen) atoms. The molecule has 0 aliphatic heterocycles. The van der Waals surface area contributed by atoms with Crippen LogP contribution in [0.5, 0.6) is 0 Å². The van der Waals surface area contributed by atoms with E-state index in [4.69, 9.17) is 0 Å². The Morgan fingerprint density at radius 2 is 1.84 bits per heavy atom. The highest BCUT2D eigenvalue weighted by atomic mass is 16.6. The standard InChI is InChI=1S/C21H17N5O5/c1-12-10-14(26(30)31)8-9-16(12)22-19(27)15-11-24(2)18-17(15)23-21(29)25(20(18)28)13-6-4-3-5-7-13/h3-11H,1-2H3,(H,22,27)(H,23,29). The number of nitro groups is 1. The van der Waals surface area contributed by atoms with Gasteiger partial charge in [-0.15, -0.1) is 0 Å². The Hall–Kier alpha value is -4.47. The minimum absolute atomic E-state index is 0.0912. The van der Waals surface area contributed by atoms with E-state index in [9.17, 15) is 24.5 Å². The lowest BCUT2D eigenvalue weighted by Crippen LogP contribution is -2.34. The number of fused-ring (bicyclic) bond motifs is 1. The lowest BCUT2D eigenvalue weighted by molar-refractivity contribution is -0.384. The largest absolute Gasteiger partial charge is 0.344 e. The van der Waals surface area contributed by atoms with E-state index >= 15 is 0 Å². The summed E-state index contributed by atoms with van der Waals surface area (Å²) in [6.07, 6.45) is 1.45. The summed E-state index contributed by atoms with van der Waals surface area (Å²) < 4.78 is 2.48. The molecule has 0 spiro atoms. The second kappa shape index (κ2) is 7.41. The van der Waals surface area contributed by atoms with E-state index in [1.54, 1.807) is 44.3 Å². The first-order chi connectivity index (χ1) is 14.8. The molecule has 0 fully saturated rings. The Kier molecular flexibility index (Phi) is 4.74. The summed E-state index contributed by atoms with van der Waals surface area (Å²) in [4.78, 5) is 51.6. The number of aromatic amines is 1. The van der Waals surface area contributed by atoms with Gasteiger partial charge in [0.2, 0.25) is 0 Å². The van der Waals surface area contributed by atoms with E-state index in [0.717, 1.165) is 4.57 Å². The maximum absolute atomic E-state index is 13.0. The topological polar surface area (TPSA) is 132 Å². The van der Waals surface area contributed by atoms with Gasteiger partial charge in [0, 0.05) is 31.1 Å². The van der Waals surface area contributed by atoms with Crippen molar-refractivity contribution in [2.24, 2.45) is 7.05 Å². The summed E-state index contributed by atoms with van der Waals surface area (Å²) in [7, 11) is 1.60. The molecule has 0 bridgehead atoms. The Labute approximate surface area is 174 Å². The number of anilines is 1. The van der Waals surface area contributed by atoms with Crippen molar-refractivity contribution in [2.75, 3.05) is 5.32 Å². The molecule has 0 saturated carbocycles. The molecule has 2 aromatic carbocycles. The number of nitrogens with one attached hydrogen (secondary N) is 2. The van der Waals surface area contributed by atoms with Crippen LogP contribution in [0.3, 0.4) is 0 Å². The first kappa shape index (κ1) is 19.8. The Morgan fingerprint density at radius 3 is 2.48 bits per heavy atom. The maximum Gasteiger partial charge on any atom is 0.333 e. The summed E-state index contributed by atoms with van der Waals surface area (Å²) >= 11 is 0. The first-order valence-electron chi connectivity index (χ1n) is 9.24. The second-order valence-corrected chi connectivity index (χ2v) is 6.99. The summed E-state index contributed by atoms with van der Waals surface area (Å²) in [5.74, 6) is -0.560. The SMILES string of the molecule is Cc1cc([N+](=O)[O-])ccc1NC(=O)c1cn(C)c2c(=O)n(-c3ccccc3)c(=O)[nH]c12. The van der Waals surface area contributed by atoms with E-state index in [-0.39, 0.29) is 22.3 Å². The van der Waals surface area contributed by atoms with Gasteiger partial charge in [-0.1, -0.05) is 18.2 Å². The fourth-order valence-electron chi connectivity index (χ4n) is 3.45. The molecule has 0 atom stereocenters. The van der Waals surface area contributed by atoms with Gasteiger partial charge in [0.25, 0.3) is 17.2 Å². The minimum atomic E-state index is -0.671. The van der Waals surface area contributed by atoms with Gasteiger partial charge in [-0.2, -0.15) is 0 Å². The van der Waals surface area contributed by atoms with Crippen LogP contribution in [0.2, 0.25) is 0 Å². The average molecular weight is 419 g/mol. The van der Waals surface area contributed by atoms with Crippen molar-refractivity contribution in [3.8, 4) is 5.69 Å². The monoisotopic (exact) mass is 419 g/mol. The van der Waals surface area contributed by atoms with Crippen LogP contribution < -0.4 is 16.6 Å². The zero-order chi connectivity index (χ0) is 22.3. The quantitative estimate of drug-likeness (QED) is 0.387. The fraction of sp³-hybridized carbons (Fsp3) is 0.0952. The molecule has 2 N–H and O–H groups in total. The molecule has 1 amide bonds. The van der Waals surface area contributed by atoms with Crippen molar-refractivity contribution < 1.29 is 9.72 Å². The Balaban J connectivity index is 1.79. The first-order valence-corrected chi connectivity index (χ1v) is 9.24. The van der Waals surface area contributed by atoms with Crippen molar-refractivity contribution in [3.05, 3.63) is 96.8 Å². The lowest BCUT2D eigenvalue weighted by atomic mass is 10.1. The molecule has 0 unspecified atom stereocenters. The van der Waals surface area contributed by atoms with Crippen LogP contribution in [0.1, 0.15) is 15.9 Å². The van der Waals surface area contributed by atoms with Crippen molar-refractivity contribution in [2.45, 2.75) is 6.92 Å². The second-order valence-electron chi connectivity index (χ2n) is 6.99. The number of aromatic nitrogens is 3. The fourth-order valence-corrected chi connectivity index (χ4v) is 3.45. The predicted octanol–water partition coefficient (Wildman–Crippen LogP) is 2.49. The number of nitrogens with zero attached hydrogens (tertiary/aromatic N) is 3. The predicted molar refractivity (Wildman–Crippen MR) is 115 cm³/mol. The molecule has 0 radical (unpaired) electrons. The van der Waals surface area contributed by atoms with Gasteiger partial charge >= 0.3 is 5.69 Å². The maximum atomic E-state index is 13.0. The number of rotatable bonds is 4. The highest BCUT2D eigenvalue weighted by Crippen LogP contribution is 2.23. The molecule has 4 aromatic rings. The van der Waals surface area contributed by atoms with E-state index < -0.39 is 22.1 Å². The average Bonchev–Trinajstić information content (AvgIpc) is 3.06. The molecule has 0 aliphatic rings. The number of carbonyl (C=O) groups is 1. The van der Waals surface area contributed by atoms with E-state index in [1.807, 2.05) is 0 Å². The molecule has 10 heteroatoms. The number of para-hydroxylation sites is 1. The van der Waals surface area contributed by atoms with Crippen LogP contribution in [0.4, 0.5) is 11.4 Å². The minimum Gasteiger partial charge on any atom is -0.344 e. The molecule has 2 heterocycles. The number of non-ortho nitro benzene ring substituents is 1. The highest BCUT2D eigenvalue weighted by molar-refractivity contribution is 6.12. The Morgan fingerprint density at radius 1 is 1.13 bits per heavy atom. The highest BCUT2D eigenvalue weighted by Gasteiger charge is 2.21. The van der Waals surface area contributed by atoms with Gasteiger partial charge < -0.3 is 14.9 Å². The van der Waals surface area contributed by atoms with Crippen LogP contribution in [0.15, 0.2) is 64.3 Å². The number of nitro benzene ring substituents is 1. The number of carbonyl (C=O) groups excluding carboxylic acids is 1. The van der Waals surface area contributed by atoms with E-state index in [1.165, 1.54) is 29.0 Å². The van der Waals surface area contributed by atoms with Crippen LogP contribution in [-0.4, -0.2) is 24.9 Å². The van der Waals surface area contributed by atoms with Gasteiger partial charge in [-0.05, 0) is 30.7 Å². The molecule has 4 rings (SSSR count). The third-order valence-corrected chi connectivity index (χ3v) is 4.95. The zero-order valence-corrected chi connectivity index (χ0v) is 16.6. The Bertz CT molecular complexity index is 1460. The van der Waals surface area contributed by atoms with Gasteiger partial charge in [-0.3, -0.25) is 19.7 Å². The van der Waals surface area contributed by atoms with Crippen LogP contribution in [-0.2, 0) is 7.05 Å². The zero-order valence-electron chi connectivity index (χ0n) is 16.6. The van der Waals surface area contributed by atoms with Gasteiger partial charge in [0.15, 0.2) is 0 Å². The molecule has 2 aromatic heterocycles.